The number of amides is 1. The molecule has 0 spiro atoms. The van der Waals surface area contributed by atoms with Crippen molar-refractivity contribution in [2.45, 2.75) is 27.0 Å². The molecule has 160 valence electrons. The molecule has 0 atom stereocenters. The summed E-state index contributed by atoms with van der Waals surface area (Å²) in [5, 5.41) is 2.94. The predicted molar refractivity (Wildman–Crippen MR) is 117 cm³/mol. The van der Waals surface area contributed by atoms with Gasteiger partial charge in [0.25, 0.3) is 5.91 Å². The van der Waals surface area contributed by atoms with Gasteiger partial charge in [-0.3, -0.25) is 4.79 Å². The van der Waals surface area contributed by atoms with Crippen LogP contribution in [0.25, 0.3) is 0 Å². The number of rotatable bonds is 7. The van der Waals surface area contributed by atoms with Crippen LogP contribution >= 0.6 is 0 Å². The highest BCUT2D eigenvalue weighted by Gasteiger charge is 2.15. The summed E-state index contributed by atoms with van der Waals surface area (Å²) >= 11 is 0. The summed E-state index contributed by atoms with van der Waals surface area (Å²) in [7, 11) is 1.61. The molecule has 0 saturated carbocycles. The summed E-state index contributed by atoms with van der Waals surface area (Å²) < 4.78 is 22.1. The fourth-order valence-electron chi connectivity index (χ4n) is 3.33. The zero-order valence-electron chi connectivity index (χ0n) is 17.9. The van der Waals surface area contributed by atoms with Gasteiger partial charge in [0.1, 0.15) is 18.1 Å². The molecule has 3 aromatic carbocycles. The Hall–Kier alpha value is -3.67. The normalized spacial score (nSPS) is 11.8. The van der Waals surface area contributed by atoms with Gasteiger partial charge in [0, 0.05) is 17.7 Å². The number of carbonyl (C=O) groups excluding carboxylic acids is 1. The first kappa shape index (κ1) is 20.6. The Kier molecular flexibility index (Phi) is 5.98. The van der Waals surface area contributed by atoms with Crippen LogP contribution in [0.15, 0.2) is 54.6 Å². The van der Waals surface area contributed by atoms with Gasteiger partial charge < -0.3 is 24.3 Å². The van der Waals surface area contributed by atoms with Crippen molar-refractivity contribution < 1.29 is 23.7 Å². The smallest absolute Gasteiger partial charge is 0.251 e. The van der Waals surface area contributed by atoms with E-state index >= 15 is 0 Å². The highest BCUT2D eigenvalue weighted by atomic mass is 16.7. The van der Waals surface area contributed by atoms with E-state index in [9.17, 15) is 4.79 Å². The molecule has 3 aromatic rings. The van der Waals surface area contributed by atoms with Gasteiger partial charge in [0.2, 0.25) is 6.79 Å². The molecular weight excluding hydrogens is 394 g/mol. The largest absolute Gasteiger partial charge is 0.496 e. The van der Waals surface area contributed by atoms with E-state index in [2.05, 4.69) is 12.2 Å². The van der Waals surface area contributed by atoms with E-state index in [4.69, 9.17) is 18.9 Å². The summed E-state index contributed by atoms with van der Waals surface area (Å²) in [6.07, 6.45) is 0. The van der Waals surface area contributed by atoms with Crippen LogP contribution in [0.5, 0.6) is 23.0 Å². The number of hydrogen-bond acceptors (Lipinski definition) is 5. The van der Waals surface area contributed by atoms with Crippen LogP contribution < -0.4 is 24.3 Å². The molecule has 6 heteroatoms. The molecule has 0 aliphatic carbocycles. The van der Waals surface area contributed by atoms with Gasteiger partial charge in [0.05, 0.1) is 7.11 Å². The number of ether oxygens (including phenoxy) is 4. The monoisotopic (exact) mass is 419 g/mol. The van der Waals surface area contributed by atoms with Crippen molar-refractivity contribution in [1.29, 1.82) is 0 Å². The molecule has 1 N–H and O–H groups in total. The third-order valence-electron chi connectivity index (χ3n) is 5.31. The minimum absolute atomic E-state index is 0.173. The Labute approximate surface area is 181 Å². The molecule has 6 nitrogen and oxygen atoms in total. The van der Waals surface area contributed by atoms with Crippen LogP contribution in [0.2, 0.25) is 0 Å². The lowest BCUT2D eigenvalue weighted by Gasteiger charge is -2.13. The highest BCUT2D eigenvalue weighted by molar-refractivity contribution is 5.94. The average Bonchev–Trinajstić information content (AvgIpc) is 3.26. The van der Waals surface area contributed by atoms with E-state index in [-0.39, 0.29) is 12.7 Å². The lowest BCUT2D eigenvalue weighted by Crippen LogP contribution is -2.23. The molecule has 0 saturated heterocycles. The molecule has 0 bridgehead atoms. The Bertz CT molecular complexity index is 1110. The minimum atomic E-state index is -0.173. The van der Waals surface area contributed by atoms with E-state index in [1.165, 1.54) is 11.1 Å². The molecule has 1 amide bonds. The number of fused-ring (bicyclic) bond motifs is 1. The maximum absolute atomic E-state index is 12.7. The van der Waals surface area contributed by atoms with Gasteiger partial charge in [-0.05, 0) is 73.0 Å². The molecule has 0 radical (unpaired) electrons. The van der Waals surface area contributed by atoms with Crippen molar-refractivity contribution in [3.63, 3.8) is 0 Å². The second-order valence-corrected chi connectivity index (χ2v) is 7.43. The number of benzene rings is 3. The third kappa shape index (κ3) is 4.74. The lowest BCUT2D eigenvalue weighted by molar-refractivity contribution is 0.0950. The van der Waals surface area contributed by atoms with Gasteiger partial charge in [-0.2, -0.15) is 0 Å². The fraction of sp³-hybridized carbons (Fsp3) is 0.240. The van der Waals surface area contributed by atoms with Crippen LogP contribution in [-0.4, -0.2) is 19.8 Å². The van der Waals surface area contributed by atoms with Gasteiger partial charge >= 0.3 is 0 Å². The van der Waals surface area contributed by atoms with E-state index in [1.807, 2.05) is 43.3 Å². The number of nitrogens with one attached hydrogen (secondary N) is 1. The SMILES string of the molecule is COc1ccc(C(=O)NCc2ccc3c(c2)OCO3)cc1COc1ccc(C)c(C)c1. The van der Waals surface area contributed by atoms with Crippen molar-refractivity contribution in [3.05, 3.63) is 82.4 Å². The van der Waals surface area contributed by atoms with Crippen LogP contribution in [0.4, 0.5) is 0 Å². The highest BCUT2D eigenvalue weighted by Crippen LogP contribution is 2.32. The second-order valence-electron chi connectivity index (χ2n) is 7.43. The number of methoxy groups -OCH3 is 1. The van der Waals surface area contributed by atoms with E-state index in [0.717, 1.165) is 22.6 Å². The van der Waals surface area contributed by atoms with Crippen molar-refractivity contribution >= 4 is 5.91 Å². The molecule has 0 aromatic heterocycles. The minimum Gasteiger partial charge on any atom is -0.496 e. The lowest BCUT2D eigenvalue weighted by atomic mass is 10.1. The zero-order chi connectivity index (χ0) is 21.8. The maximum atomic E-state index is 12.7. The van der Waals surface area contributed by atoms with Crippen LogP contribution in [-0.2, 0) is 13.2 Å². The Morgan fingerprint density at radius 2 is 1.81 bits per heavy atom. The molecule has 1 aliphatic rings. The standard InChI is InChI=1S/C25H25NO5/c1-16-4-7-21(10-17(16)2)29-14-20-12-19(6-9-22(20)28-3)25(27)26-13-18-5-8-23-24(11-18)31-15-30-23/h4-12H,13-15H2,1-3H3,(H,26,27). The van der Waals surface area contributed by atoms with Crippen LogP contribution in [0, 0.1) is 13.8 Å². The van der Waals surface area contributed by atoms with E-state index in [0.29, 0.717) is 30.2 Å². The number of carbonyl (C=O) groups is 1. The van der Waals surface area contributed by atoms with E-state index < -0.39 is 0 Å². The summed E-state index contributed by atoms with van der Waals surface area (Å²) in [5.41, 5.74) is 4.66. The predicted octanol–water partition coefficient (Wildman–Crippen LogP) is 4.55. The molecular formula is C25H25NO5. The molecule has 31 heavy (non-hydrogen) atoms. The summed E-state index contributed by atoms with van der Waals surface area (Å²) in [5.74, 6) is 2.70. The van der Waals surface area contributed by atoms with Crippen molar-refractivity contribution in [3.8, 4) is 23.0 Å². The molecule has 1 aliphatic heterocycles. The molecule has 0 fully saturated rings. The topological polar surface area (TPSA) is 66.0 Å². The van der Waals surface area contributed by atoms with Crippen LogP contribution in [0.3, 0.4) is 0 Å². The first-order valence-electron chi connectivity index (χ1n) is 10.1. The summed E-state index contributed by atoms with van der Waals surface area (Å²) in [6, 6.07) is 16.9. The first-order chi connectivity index (χ1) is 15.0. The Morgan fingerprint density at radius 1 is 0.968 bits per heavy atom. The van der Waals surface area contributed by atoms with Gasteiger partial charge in [-0.1, -0.05) is 12.1 Å². The van der Waals surface area contributed by atoms with E-state index in [1.54, 1.807) is 25.3 Å². The number of aryl methyl sites for hydroxylation is 2. The average molecular weight is 419 g/mol. The van der Waals surface area contributed by atoms with Gasteiger partial charge in [-0.25, -0.2) is 0 Å². The van der Waals surface area contributed by atoms with Crippen molar-refractivity contribution in [2.75, 3.05) is 13.9 Å². The van der Waals surface area contributed by atoms with Crippen molar-refractivity contribution in [2.24, 2.45) is 0 Å². The van der Waals surface area contributed by atoms with Crippen LogP contribution in [0.1, 0.15) is 32.6 Å². The Morgan fingerprint density at radius 3 is 2.61 bits per heavy atom. The first-order valence-corrected chi connectivity index (χ1v) is 10.1. The zero-order valence-corrected chi connectivity index (χ0v) is 17.9. The van der Waals surface area contributed by atoms with Gasteiger partial charge in [-0.15, -0.1) is 0 Å². The fourth-order valence-corrected chi connectivity index (χ4v) is 3.33. The summed E-state index contributed by atoms with van der Waals surface area (Å²) in [4.78, 5) is 12.7. The number of hydrogen-bond donors (Lipinski definition) is 1. The molecule has 4 rings (SSSR count). The Balaban J connectivity index is 1.43. The summed E-state index contributed by atoms with van der Waals surface area (Å²) in [6.45, 7) is 5.02. The van der Waals surface area contributed by atoms with Crippen molar-refractivity contribution in [1.82, 2.24) is 5.32 Å². The second kappa shape index (κ2) is 9.00. The third-order valence-corrected chi connectivity index (χ3v) is 5.31. The quantitative estimate of drug-likeness (QED) is 0.609. The van der Waals surface area contributed by atoms with Gasteiger partial charge in [0.15, 0.2) is 11.5 Å². The maximum Gasteiger partial charge on any atom is 0.251 e. The molecule has 0 unspecified atom stereocenters. The molecule has 1 heterocycles.